The molecule has 0 aromatic heterocycles. The molecule has 0 saturated carbocycles. The van der Waals surface area contributed by atoms with Crippen molar-refractivity contribution in [2.75, 3.05) is 26.2 Å². The van der Waals surface area contributed by atoms with E-state index in [2.05, 4.69) is 9.80 Å². The van der Waals surface area contributed by atoms with Crippen molar-refractivity contribution in [3.05, 3.63) is 34.9 Å². The van der Waals surface area contributed by atoms with Crippen molar-refractivity contribution in [3.8, 4) is 0 Å². The van der Waals surface area contributed by atoms with Crippen molar-refractivity contribution in [1.82, 2.24) is 9.80 Å². The van der Waals surface area contributed by atoms with Crippen LogP contribution in [0.1, 0.15) is 37.7 Å². The highest BCUT2D eigenvalue weighted by molar-refractivity contribution is 6.30. The van der Waals surface area contributed by atoms with Crippen molar-refractivity contribution >= 4 is 17.5 Å². The fourth-order valence-electron chi connectivity index (χ4n) is 4.00. The molecule has 24 heavy (non-hydrogen) atoms. The van der Waals surface area contributed by atoms with E-state index >= 15 is 0 Å². The molecule has 2 fully saturated rings. The summed E-state index contributed by atoms with van der Waals surface area (Å²) < 4.78 is 0. The van der Waals surface area contributed by atoms with Gasteiger partial charge in [-0.25, -0.2) is 0 Å². The van der Waals surface area contributed by atoms with Crippen LogP contribution in [0.4, 0.5) is 0 Å². The first-order chi connectivity index (χ1) is 11.6. The molecule has 0 bridgehead atoms. The van der Waals surface area contributed by atoms with Gasteiger partial charge in [-0.15, -0.1) is 0 Å². The Morgan fingerprint density at radius 3 is 2.79 bits per heavy atom. The first-order valence-electron chi connectivity index (χ1n) is 9.13. The Morgan fingerprint density at radius 2 is 2.04 bits per heavy atom. The number of nitrogens with zero attached hydrogens (tertiary/aromatic N) is 2. The van der Waals surface area contributed by atoms with Crippen LogP contribution in [-0.4, -0.2) is 54.0 Å². The number of hydrogen-bond donors (Lipinski definition) is 1. The zero-order valence-electron chi connectivity index (χ0n) is 14.3. The van der Waals surface area contributed by atoms with Gasteiger partial charge in [0.2, 0.25) is 5.91 Å². The van der Waals surface area contributed by atoms with E-state index < -0.39 is 0 Å². The van der Waals surface area contributed by atoms with Crippen molar-refractivity contribution < 1.29 is 4.79 Å². The fourth-order valence-corrected chi connectivity index (χ4v) is 4.21. The Balaban J connectivity index is 1.51. The largest absolute Gasteiger partial charge is 0.338 e. The van der Waals surface area contributed by atoms with E-state index in [1.807, 2.05) is 24.3 Å². The molecule has 2 atom stereocenters. The number of benzene rings is 1. The second kappa shape index (κ2) is 8.32. The van der Waals surface area contributed by atoms with Crippen LogP contribution in [-0.2, 0) is 11.2 Å². The summed E-state index contributed by atoms with van der Waals surface area (Å²) in [6.45, 7) is 4.30. The number of halogens is 1. The van der Waals surface area contributed by atoms with E-state index in [1.54, 1.807) is 0 Å². The van der Waals surface area contributed by atoms with E-state index in [1.165, 1.54) is 25.9 Å². The smallest absolute Gasteiger partial charge is 0.224 e. The van der Waals surface area contributed by atoms with E-state index in [9.17, 15) is 4.79 Å². The number of carbonyl (C=O) groups is 1. The standard InChI is InChI=1S/C19H28ClN3O/c20-16-6-3-5-15(11-16)12-17(21)13-19(24)23-10-4-7-18(23)14-22-8-1-2-9-22/h3,5-6,11,17-18H,1-2,4,7-10,12-14,21H2/t17-,18+/m1/s1. The maximum absolute atomic E-state index is 12.7. The summed E-state index contributed by atoms with van der Waals surface area (Å²) in [6, 6.07) is 7.96. The molecule has 0 radical (unpaired) electrons. The van der Waals surface area contributed by atoms with Crippen molar-refractivity contribution in [2.45, 2.75) is 50.6 Å². The molecule has 2 saturated heterocycles. The highest BCUT2D eigenvalue weighted by Gasteiger charge is 2.31. The predicted molar refractivity (Wildman–Crippen MR) is 98.2 cm³/mol. The lowest BCUT2D eigenvalue weighted by molar-refractivity contribution is -0.132. The molecule has 4 nitrogen and oxygen atoms in total. The molecule has 1 aromatic rings. The Morgan fingerprint density at radius 1 is 1.25 bits per heavy atom. The van der Waals surface area contributed by atoms with Gasteiger partial charge in [-0.2, -0.15) is 0 Å². The summed E-state index contributed by atoms with van der Waals surface area (Å²) in [4.78, 5) is 17.3. The average molecular weight is 350 g/mol. The summed E-state index contributed by atoms with van der Waals surface area (Å²) in [5.41, 5.74) is 7.33. The number of carbonyl (C=O) groups excluding carboxylic acids is 1. The lowest BCUT2D eigenvalue weighted by Gasteiger charge is -2.29. The predicted octanol–water partition coefficient (Wildman–Crippen LogP) is 2.69. The monoisotopic (exact) mass is 349 g/mol. The Kier molecular flexibility index (Phi) is 6.14. The molecule has 3 rings (SSSR count). The SMILES string of the molecule is N[C@@H](CC(=O)N1CCC[C@H]1CN1CCCC1)Cc1cccc(Cl)c1. The van der Waals surface area contributed by atoms with Gasteiger partial charge in [-0.3, -0.25) is 4.79 Å². The molecule has 2 aliphatic rings. The lowest BCUT2D eigenvalue weighted by Crippen LogP contribution is -2.44. The van der Waals surface area contributed by atoms with Gasteiger partial charge in [-0.05, 0) is 62.9 Å². The molecular weight excluding hydrogens is 322 g/mol. The Bertz CT molecular complexity index is 559. The number of hydrogen-bond acceptors (Lipinski definition) is 3. The van der Waals surface area contributed by atoms with Crippen LogP contribution < -0.4 is 5.73 Å². The van der Waals surface area contributed by atoms with Crippen LogP contribution in [0.3, 0.4) is 0 Å². The van der Waals surface area contributed by atoms with Gasteiger partial charge in [-0.1, -0.05) is 23.7 Å². The second-order valence-corrected chi connectivity index (χ2v) is 7.63. The fraction of sp³-hybridized carbons (Fsp3) is 0.632. The third-order valence-electron chi connectivity index (χ3n) is 5.19. The van der Waals surface area contributed by atoms with Crippen LogP contribution in [0.25, 0.3) is 0 Å². The molecule has 2 N–H and O–H groups in total. The highest BCUT2D eigenvalue weighted by atomic mass is 35.5. The van der Waals surface area contributed by atoms with Gasteiger partial charge in [0, 0.05) is 36.6 Å². The van der Waals surface area contributed by atoms with E-state index in [0.29, 0.717) is 18.9 Å². The molecular formula is C19H28ClN3O. The molecule has 1 amide bonds. The van der Waals surface area contributed by atoms with E-state index in [-0.39, 0.29) is 11.9 Å². The zero-order valence-corrected chi connectivity index (χ0v) is 15.0. The van der Waals surface area contributed by atoms with Gasteiger partial charge in [0.25, 0.3) is 0 Å². The van der Waals surface area contributed by atoms with Crippen molar-refractivity contribution in [2.24, 2.45) is 5.73 Å². The van der Waals surface area contributed by atoms with Gasteiger partial charge in [0.05, 0.1) is 0 Å². The molecule has 5 heteroatoms. The number of nitrogens with two attached hydrogens (primary N) is 1. The highest BCUT2D eigenvalue weighted by Crippen LogP contribution is 2.22. The quantitative estimate of drug-likeness (QED) is 0.859. The van der Waals surface area contributed by atoms with Crippen molar-refractivity contribution in [3.63, 3.8) is 0 Å². The summed E-state index contributed by atoms with van der Waals surface area (Å²) >= 11 is 6.02. The normalized spacial score (nSPS) is 22.9. The number of amides is 1. The van der Waals surface area contributed by atoms with Crippen molar-refractivity contribution in [1.29, 1.82) is 0 Å². The Hall–Kier alpha value is -1.10. The topological polar surface area (TPSA) is 49.6 Å². The van der Waals surface area contributed by atoms with E-state index in [0.717, 1.165) is 36.5 Å². The lowest BCUT2D eigenvalue weighted by atomic mass is 10.0. The molecule has 132 valence electrons. The van der Waals surface area contributed by atoms with Gasteiger partial charge >= 0.3 is 0 Å². The molecule has 2 aliphatic heterocycles. The first kappa shape index (κ1) is 17.7. The molecule has 0 aliphatic carbocycles. The third-order valence-corrected chi connectivity index (χ3v) is 5.42. The second-order valence-electron chi connectivity index (χ2n) is 7.19. The van der Waals surface area contributed by atoms with Crippen LogP contribution in [0, 0.1) is 0 Å². The molecule has 2 heterocycles. The van der Waals surface area contributed by atoms with Gasteiger partial charge in [0.15, 0.2) is 0 Å². The van der Waals surface area contributed by atoms with Crippen LogP contribution in [0.2, 0.25) is 5.02 Å². The summed E-state index contributed by atoms with van der Waals surface area (Å²) in [6.07, 6.45) is 5.95. The minimum absolute atomic E-state index is 0.149. The van der Waals surface area contributed by atoms with Gasteiger partial charge in [0.1, 0.15) is 0 Å². The van der Waals surface area contributed by atoms with Gasteiger partial charge < -0.3 is 15.5 Å². The van der Waals surface area contributed by atoms with E-state index in [4.69, 9.17) is 17.3 Å². The summed E-state index contributed by atoms with van der Waals surface area (Å²) in [5.74, 6) is 0.214. The minimum atomic E-state index is -0.149. The van der Waals surface area contributed by atoms with Crippen LogP contribution in [0.5, 0.6) is 0 Å². The maximum Gasteiger partial charge on any atom is 0.224 e. The summed E-state index contributed by atoms with van der Waals surface area (Å²) in [7, 11) is 0. The molecule has 0 unspecified atom stereocenters. The van der Waals surface area contributed by atoms with Crippen LogP contribution in [0.15, 0.2) is 24.3 Å². The number of likely N-dealkylation sites (tertiary alicyclic amines) is 2. The number of rotatable bonds is 6. The molecule has 1 aromatic carbocycles. The molecule has 0 spiro atoms. The minimum Gasteiger partial charge on any atom is -0.338 e. The van der Waals surface area contributed by atoms with Crippen LogP contribution >= 0.6 is 11.6 Å². The first-order valence-corrected chi connectivity index (χ1v) is 9.51. The third kappa shape index (κ3) is 4.71. The summed E-state index contributed by atoms with van der Waals surface area (Å²) in [5, 5.41) is 0.719. The maximum atomic E-state index is 12.7. The zero-order chi connectivity index (χ0) is 16.9. The Labute approximate surface area is 149 Å². The average Bonchev–Trinajstić information content (AvgIpc) is 3.19.